The summed E-state index contributed by atoms with van der Waals surface area (Å²) >= 11 is 5.42. The largest absolute Gasteiger partial charge is 0.465 e. The fraction of sp³-hybridized carbons (Fsp3) is 0.472. The fourth-order valence-electron chi connectivity index (χ4n) is 7.40. The number of esters is 1. The van der Waals surface area contributed by atoms with Crippen LogP contribution in [-0.2, 0) is 25.5 Å². The van der Waals surface area contributed by atoms with Crippen molar-refractivity contribution in [2.75, 3.05) is 24.7 Å². The first-order valence-corrected chi connectivity index (χ1v) is 17.5. The van der Waals surface area contributed by atoms with E-state index in [1.165, 1.54) is 0 Å². The lowest BCUT2D eigenvalue weighted by atomic mass is 9.71. The number of unbranched alkanes of at least 4 members (excludes halogenated alkanes) is 2. The van der Waals surface area contributed by atoms with Gasteiger partial charge in [-0.05, 0) is 68.7 Å². The summed E-state index contributed by atoms with van der Waals surface area (Å²) < 4.78 is 4.93. The average Bonchev–Trinajstić information content (AvgIpc) is 3.63. The fourth-order valence-corrected chi connectivity index (χ4v) is 11.0. The normalized spacial score (nSPS) is 27.2. The van der Waals surface area contributed by atoms with E-state index in [2.05, 4.69) is 29.1 Å². The van der Waals surface area contributed by atoms with Crippen LogP contribution >= 0.6 is 27.7 Å². The average molecular weight is 696 g/mol. The third-order valence-electron chi connectivity index (χ3n) is 9.43. The lowest BCUT2D eigenvalue weighted by Crippen LogP contribution is -2.58. The highest BCUT2D eigenvalue weighted by Crippen LogP contribution is 2.68. The molecule has 0 aliphatic carbocycles. The molecule has 0 radical (unpaired) electrons. The molecule has 2 aromatic rings. The minimum absolute atomic E-state index is 0.0737. The summed E-state index contributed by atoms with van der Waals surface area (Å²) in [6.07, 6.45) is 6.90. The van der Waals surface area contributed by atoms with Crippen molar-refractivity contribution in [2.45, 2.75) is 72.9 Å². The Morgan fingerprint density at radius 2 is 1.93 bits per heavy atom. The van der Waals surface area contributed by atoms with Crippen LogP contribution in [-0.4, -0.2) is 74.5 Å². The maximum Gasteiger partial charge on any atom is 0.310 e. The van der Waals surface area contributed by atoms with Gasteiger partial charge < -0.3 is 19.6 Å². The van der Waals surface area contributed by atoms with Crippen molar-refractivity contribution in [3.8, 4) is 0 Å². The van der Waals surface area contributed by atoms with Crippen molar-refractivity contribution in [1.82, 2.24) is 4.90 Å². The standard InChI is InChI=1S/C36H43BrN2O5S/c1-5-7-8-12-18-44-35(43)29-30-33(41)39(26(22-40)20-25-13-10-9-11-14-25)32(36(30)21-27(37)31(29)45-36)34(42)38(17-6-2)28-19-23(3)15-16-24(28)4/h5-6,9-11,13-16,19,26-27,29-32,40H,1-2,7-8,12,17-18,20-22H2,3-4H3/t26-,27?,29+,30+,31+,32?,36?/m1/s1. The molecule has 9 heteroatoms. The molecule has 3 heterocycles. The zero-order valence-electron chi connectivity index (χ0n) is 26.1. The Kier molecular flexibility index (Phi) is 10.6. The number of ether oxygens (including phenoxy) is 1. The highest BCUT2D eigenvalue weighted by Gasteiger charge is 2.76. The molecule has 7 atom stereocenters. The van der Waals surface area contributed by atoms with Gasteiger partial charge in [-0.2, -0.15) is 0 Å². The number of aliphatic hydroxyl groups excluding tert-OH is 1. The molecule has 7 nitrogen and oxygen atoms in total. The topological polar surface area (TPSA) is 87.1 Å². The van der Waals surface area contributed by atoms with Crippen LogP contribution in [0.5, 0.6) is 0 Å². The van der Waals surface area contributed by atoms with Crippen molar-refractivity contribution in [1.29, 1.82) is 0 Å². The number of rotatable bonds is 14. The highest BCUT2D eigenvalue weighted by atomic mass is 79.9. The highest BCUT2D eigenvalue weighted by molar-refractivity contribution is 9.09. The number of halogens is 1. The Hall–Kier alpha value is -2.88. The number of benzene rings is 2. The Morgan fingerprint density at radius 3 is 2.62 bits per heavy atom. The molecule has 0 aromatic heterocycles. The van der Waals surface area contributed by atoms with Crippen molar-refractivity contribution >= 4 is 51.2 Å². The van der Waals surface area contributed by atoms with E-state index in [-0.39, 0.29) is 47.6 Å². The summed E-state index contributed by atoms with van der Waals surface area (Å²) in [5, 5.41) is 10.6. The van der Waals surface area contributed by atoms with Gasteiger partial charge in [-0.1, -0.05) is 70.5 Å². The molecular weight excluding hydrogens is 652 g/mol. The van der Waals surface area contributed by atoms with E-state index in [1.54, 1.807) is 27.6 Å². The number of carbonyl (C=O) groups is 3. The van der Waals surface area contributed by atoms with Crippen LogP contribution in [0, 0.1) is 25.7 Å². The number of anilines is 1. The number of fused-ring (bicyclic) bond motifs is 1. The second-order valence-corrected chi connectivity index (χ2v) is 15.1. The van der Waals surface area contributed by atoms with Gasteiger partial charge >= 0.3 is 5.97 Å². The molecule has 3 saturated heterocycles. The third-order valence-corrected chi connectivity index (χ3v) is 12.7. The number of carbonyl (C=O) groups excluding carboxylic acids is 3. The van der Waals surface area contributed by atoms with Crippen LogP contribution in [0.25, 0.3) is 0 Å². The van der Waals surface area contributed by atoms with E-state index in [0.29, 0.717) is 19.3 Å². The molecule has 2 amide bonds. The number of allylic oxidation sites excluding steroid dienone is 1. The second kappa shape index (κ2) is 14.3. The first-order chi connectivity index (χ1) is 21.7. The first kappa shape index (κ1) is 33.5. The number of aryl methyl sites for hydroxylation is 2. The van der Waals surface area contributed by atoms with E-state index in [4.69, 9.17) is 4.74 Å². The SMILES string of the molecule is C=CCCCCOC(=O)[C@H]1[C@H]2C(=O)N([C@@H](CO)Cc3ccccc3)C(C(=O)N(CC=C)c3cc(C)ccc3C)C23CC(Br)[C@@H]1S3. The minimum atomic E-state index is -0.892. The van der Waals surface area contributed by atoms with Gasteiger partial charge in [0.25, 0.3) is 5.91 Å². The van der Waals surface area contributed by atoms with Crippen LogP contribution in [0.1, 0.15) is 42.4 Å². The summed E-state index contributed by atoms with van der Waals surface area (Å²) in [6.45, 7) is 11.9. The summed E-state index contributed by atoms with van der Waals surface area (Å²) in [4.78, 5) is 46.8. The maximum atomic E-state index is 15.1. The Morgan fingerprint density at radius 1 is 1.18 bits per heavy atom. The van der Waals surface area contributed by atoms with Crippen molar-refractivity contribution in [2.24, 2.45) is 11.8 Å². The van der Waals surface area contributed by atoms with Crippen LogP contribution in [0.15, 0.2) is 73.8 Å². The molecule has 45 heavy (non-hydrogen) atoms. The van der Waals surface area contributed by atoms with Gasteiger partial charge in [0.2, 0.25) is 5.91 Å². The van der Waals surface area contributed by atoms with Crippen LogP contribution in [0.4, 0.5) is 5.69 Å². The molecule has 2 aromatic carbocycles. The number of thioether (sulfide) groups is 1. The smallest absolute Gasteiger partial charge is 0.310 e. The number of amides is 2. The molecular formula is C36H43BrN2O5S. The molecule has 5 rings (SSSR count). The summed E-state index contributed by atoms with van der Waals surface area (Å²) in [5.74, 6) is -2.29. The van der Waals surface area contributed by atoms with E-state index >= 15 is 4.79 Å². The van der Waals surface area contributed by atoms with Gasteiger partial charge in [-0.25, -0.2) is 0 Å². The third kappa shape index (κ3) is 6.28. The summed E-state index contributed by atoms with van der Waals surface area (Å²) in [6, 6.07) is 14.1. The zero-order valence-corrected chi connectivity index (χ0v) is 28.5. The zero-order chi connectivity index (χ0) is 32.3. The van der Waals surface area contributed by atoms with Gasteiger partial charge in [0.1, 0.15) is 6.04 Å². The van der Waals surface area contributed by atoms with Gasteiger partial charge in [0.15, 0.2) is 0 Å². The van der Waals surface area contributed by atoms with Crippen molar-refractivity contribution in [3.63, 3.8) is 0 Å². The number of hydrogen-bond donors (Lipinski definition) is 1. The van der Waals surface area contributed by atoms with E-state index in [1.807, 2.05) is 68.5 Å². The predicted octanol–water partition coefficient (Wildman–Crippen LogP) is 5.79. The molecule has 0 saturated carbocycles. The van der Waals surface area contributed by atoms with E-state index in [9.17, 15) is 14.7 Å². The predicted molar refractivity (Wildman–Crippen MR) is 184 cm³/mol. The minimum Gasteiger partial charge on any atom is -0.465 e. The molecule has 1 N–H and O–H groups in total. The van der Waals surface area contributed by atoms with Crippen LogP contribution < -0.4 is 4.90 Å². The number of alkyl halides is 1. The first-order valence-electron chi connectivity index (χ1n) is 15.7. The maximum absolute atomic E-state index is 15.1. The molecule has 3 unspecified atom stereocenters. The number of aliphatic hydroxyl groups is 1. The quantitative estimate of drug-likeness (QED) is 0.117. The lowest BCUT2D eigenvalue weighted by molar-refractivity contribution is -0.154. The number of nitrogens with zero attached hydrogens (tertiary/aromatic N) is 2. The number of hydrogen-bond acceptors (Lipinski definition) is 6. The van der Waals surface area contributed by atoms with Crippen molar-refractivity contribution in [3.05, 3.63) is 90.5 Å². The molecule has 3 aliphatic rings. The molecule has 1 spiro atoms. The van der Waals surface area contributed by atoms with Crippen LogP contribution in [0.2, 0.25) is 0 Å². The van der Waals surface area contributed by atoms with Gasteiger partial charge in [0.05, 0.1) is 35.8 Å². The summed E-state index contributed by atoms with van der Waals surface area (Å²) in [5.41, 5.74) is 3.66. The Balaban J connectivity index is 1.57. The molecule has 2 bridgehead atoms. The molecule has 240 valence electrons. The van der Waals surface area contributed by atoms with Crippen molar-refractivity contribution < 1.29 is 24.2 Å². The monoisotopic (exact) mass is 694 g/mol. The Bertz CT molecular complexity index is 1440. The van der Waals surface area contributed by atoms with Gasteiger partial charge in [-0.15, -0.1) is 24.9 Å². The molecule has 3 fully saturated rings. The summed E-state index contributed by atoms with van der Waals surface area (Å²) in [7, 11) is 0. The van der Waals surface area contributed by atoms with Crippen LogP contribution in [0.3, 0.4) is 0 Å². The molecule has 3 aliphatic heterocycles. The van der Waals surface area contributed by atoms with Gasteiger partial charge in [0, 0.05) is 22.3 Å². The number of likely N-dealkylation sites (tertiary alicyclic amines) is 1. The second-order valence-electron chi connectivity index (χ2n) is 12.4. The van der Waals surface area contributed by atoms with Gasteiger partial charge in [-0.3, -0.25) is 14.4 Å². The van der Waals surface area contributed by atoms with E-state index in [0.717, 1.165) is 35.2 Å². The van der Waals surface area contributed by atoms with E-state index < -0.39 is 28.7 Å². The Labute approximate surface area is 279 Å². The lowest BCUT2D eigenvalue weighted by Gasteiger charge is -2.40.